The highest BCUT2D eigenvalue weighted by Gasteiger charge is 2.36. The first kappa shape index (κ1) is 96.4. The van der Waals surface area contributed by atoms with Crippen LogP contribution in [0, 0.1) is 23.7 Å². The molecule has 121 heavy (non-hydrogen) atoms. The number of Topliss-reactive ketones (excluding diaryl/α,β-unsaturated/α-hetero) is 2. The third-order valence-corrected chi connectivity index (χ3v) is 22.8. The lowest BCUT2D eigenvalue weighted by Gasteiger charge is -2.33. The molecule has 2 saturated heterocycles. The van der Waals surface area contributed by atoms with Gasteiger partial charge >= 0.3 is 6.09 Å². The maximum atomic E-state index is 13.3. The highest BCUT2D eigenvalue weighted by atomic mass is 16.6. The van der Waals surface area contributed by atoms with Crippen molar-refractivity contribution in [1.29, 1.82) is 0 Å². The van der Waals surface area contributed by atoms with Crippen LogP contribution in [0.5, 0.6) is 0 Å². The fraction of sp³-hybridized carbons (Fsp3) is 0.648. The van der Waals surface area contributed by atoms with Gasteiger partial charge in [0.25, 0.3) is 18.4 Å². The molecule has 1 saturated carbocycles. The summed E-state index contributed by atoms with van der Waals surface area (Å²) < 4.78 is 75.7. The molecule has 4 aliphatic rings. The van der Waals surface area contributed by atoms with Crippen molar-refractivity contribution in [3.05, 3.63) is 107 Å². The van der Waals surface area contributed by atoms with E-state index in [2.05, 4.69) is 58.4 Å². The van der Waals surface area contributed by atoms with E-state index in [1.807, 2.05) is 97.9 Å². The molecule has 4 N–H and O–H groups in total. The molecule has 8 atom stereocenters. The van der Waals surface area contributed by atoms with Gasteiger partial charge in [-0.25, -0.2) is 19.4 Å². The van der Waals surface area contributed by atoms with E-state index in [1.54, 1.807) is 18.3 Å². The van der Waals surface area contributed by atoms with Crippen LogP contribution in [0.4, 0.5) is 16.6 Å². The molecule has 6 heterocycles. The molecule has 30 nitrogen and oxygen atoms in total. The molecule has 3 aromatic heterocycles. The van der Waals surface area contributed by atoms with E-state index >= 15 is 0 Å². The lowest BCUT2D eigenvalue weighted by Crippen LogP contribution is -2.46. The number of nitrogens with one attached hydrogen (secondary N) is 1. The van der Waals surface area contributed by atoms with E-state index in [1.165, 1.54) is 5.56 Å². The molecular formula is C91H134N10O20. The molecule has 5 aromatic rings. The number of nitrogens with zero attached hydrogens (tertiary/aromatic N) is 8. The number of fused-ring (bicyclic) bond motifs is 3. The van der Waals surface area contributed by atoms with Gasteiger partial charge in [-0.15, -0.1) is 0 Å². The van der Waals surface area contributed by atoms with Gasteiger partial charge in [0.15, 0.2) is 11.2 Å². The maximum absolute atomic E-state index is 13.3. The fourth-order valence-corrected chi connectivity index (χ4v) is 15.9. The highest BCUT2D eigenvalue weighted by Crippen LogP contribution is 2.37. The van der Waals surface area contributed by atoms with E-state index in [0.717, 1.165) is 128 Å². The lowest BCUT2D eigenvalue weighted by atomic mass is 9.83. The number of benzene rings is 2. The predicted octanol–water partition coefficient (Wildman–Crippen LogP) is 11.7. The Morgan fingerprint density at radius 2 is 1.38 bits per heavy atom. The smallest absolute Gasteiger partial charge is 0.407 e. The first-order chi connectivity index (χ1) is 58.7. The zero-order valence-electron chi connectivity index (χ0n) is 72.7. The van der Waals surface area contributed by atoms with E-state index in [9.17, 15) is 33.9 Å². The third kappa shape index (κ3) is 33.0. The number of methoxy groups -OCH3 is 1. The van der Waals surface area contributed by atoms with Gasteiger partial charge in [0.2, 0.25) is 11.7 Å². The van der Waals surface area contributed by atoms with E-state index < -0.39 is 30.0 Å². The zero-order chi connectivity index (χ0) is 86.1. The number of alkyl carbamates (subject to hydrolysis) is 1. The Hall–Kier alpha value is -8.40. The summed E-state index contributed by atoms with van der Waals surface area (Å²) in [5.74, 6) is 0.437. The van der Waals surface area contributed by atoms with E-state index in [4.69, 9.17) is 72.1 Å². The van der Waals surface area contributed by atoms with Crippen molar-refractivity contribution in [1.82, 2.24) is 39.8 Å². The number of oxazole rings is 1. The average molecular weight is 1690 g/mol. The standard InChI is InChI=1S/C91H134N10O20/c1-64(16-11-9-12-17-66(3)82(109-8)58-76-18-15-19-81(119-76)86(106)89(107)99-35-13-10-14-36-99)54-67(4)78(103)59-79(104)68(5)55-65(2)20-27-74(118-63-102)28-22-69-23-29-75(30-24-69)120-91(108)93-34-39-111-41-43-113-45-47-115-49-51-117-53-52-116-50-48-114-46-44-112-42-40-110-38-33-83(105)100-37-32-71-56-70(21-25-73(71)61-100)60-101-88-84(87(98(6)7)94-62-95-88)85(97-101)72-26-31-80-77(57-72)96-90(92)121-80/h9,11-12,16-17,21,25-26,31,55-57,62-65,67,69,74-76,79,81-82,104H,10,13-15,18-20,22-24,27-30,32-54,58-61H2,1-8H3,(H2,92,96)(H,93,108)/b12-9+,16-11+,66-17+,68-55+/t64-,65+,67-,69?,74+,75?,76?,79+,81?,82+/m1/s1. The largest absolute Gasteiger partial charge is 0.465 e. The zero-order valence-corrected chi connectivity index (χ0v) is 72.7. The van der Waals surface area contributed by atoms with Gasteiger partial charge in [-0.05, 0) is 180 Å². The number of nitrogen functional groups attached to an aromatic ring is 1. The lowest BCUT2D eigenvalue weighted by molar-refractivity contribution is -0.157. The summed E-state index contributed by atoms with van der Waals surface area (Å²) in [4.78, 5) is 95.7. The number of amides is 3. The Morgan fingerprint density at radius 1 is 0.711 bits per heavy atom. The number of rotatable bonds is 56. The van der Waals surface area contributed by atoms with Gasteiger partial charge < -0.3 is 92.1 Å². The van der Waals surface area contributed by atoms with Crippen molar-refractivity contribution in [3.8, 4) is 11.3 Å². The highest BCUT2D eigenvalue weighted by molar-refractivity contribution is 6.37. The molecule has 2 unspecified atom stereocenters. The quantitative estimate of drug-likeness (QED) is 0.0107. The average Bonchev–Trinajstić information content (AvgIpc) is 1.61. The molecule has 0 spiro atoms. The van der Waals surface area contributed by atoms with Crippen LogP contribution in [0.15, 0.2) is 94.7 Å². The third-order valence-electron chi connectivity index (χ3n) is 22.8. The number of carbonyl (C=O) groups is 6. The van der Waals surface area contributed by atoms with Crippen LogP contribution in [0.25, 0.3) is 33.4 Å². The summed E-state index contributed by atoms with van der Waals surface area (Å²) in [7, 11) is 5.57. The number of allylic oxidation sites excluding steroid dienone is 6. The Kier molecular flexibility index (Phi) is 42.2. The Balaban J connectivity index is 0.498. The van der Waals surface area contributed by atoms with Gasteiger partial charge in [0, 0.05) is 78.3 Å². The predicted molar refractivity (Wildman–Crippen MR) is 459 cm³/mol. The van der Waals surface area contributed by atoms with Crippen molar-refractivity contribution in [2.24, 2.45) is 23.7 Å². The number of aliphatic hydroxyl groups excluding tert-OH is 1. The molecule has 668 valence electrons. The second kappa shape index (κ2) is 52.9. The summed E-state index contributed by atoms with van der Waals surface area (Å²) in [5, 5.41) is 19.8. The summed E-state index contributed by atoms with van der Waals surface area (Å²) in [6.45, 7) is 20.2. The van der Waals surface area contributed by atoms with Crippen molar-refractivity contribution in [3.63, 3.8) is 0 Å². The van der Waals surface area contributed by atoms with Crippen LogP contribution in [0.2, 0.25) is 0 Å². The van der Waals surface area contributed by atoms with E-state index in [-0.39, 0.29) is 66.3 Å². The monoisotopic (exact) mass is 1690 g/mol. The van der Waals surface area contributed by atoms with Crippen LogP contribution in [-0.4, -0.2) is 265 Å². The van der Waals surface area contributed by atoms with Crippen LogP contribution < -0.4 is 16.0 Å². The number of ketones is 2. The van der Waals surface area contributed by atoms with Gasteiger partial charge in [-0.1, -0.05) is 75.4 Å². The molecule has 3 fully saturated rings. The first-order valence-corrected chi connectivity index (χ1v) is 43.7. The Morgan fingerprint density at radius 3 is 2.04 bits per heavy atom. The molecule has 9 rings (SSSR count). The van der Waals surface area contributed by atoms with Crippen LogP contribution in [0.1, 0.15) is 167 Å². The minimum Gasteiger partial charge on any atom is -0.465 e. The van der Waals surface area contributed by atoms with Gasteiger partial charge in [-0.2, -0.15) is 10.1 Å². The first-order valence-electron chi connectivity index (χ1n) is 43.7. The normalized spacial score (nSPS) is 19.0. The number of hydrogen-bond acceptors (Lipinski definition) is 26. The number of likely N-dealkylation sites (tertiary alicyclic amines) is 1. The number of anilines is 2. The number of aliphatic hydroxyl groups is 1. The Labute approximate surface area is 713 Å². The SMILES string of the molecule is CO[C@@H](CC1CCCC(C(=O)C(=O)N2CCCCC2)O1)/C(C)=C/C=C/C=C/[C@@H](C)C[C@@H](C)C(=O)C[C@H](O)/C(C)=C/[C@@H](C)CC[C@@H](CCC1CCC(OC(=O)NCCOCCOCCOCCOCCOCCOCCOCCOCCC(=O)N2CCc3cc(Cn4nc(-c5ccc6oc(N)nc6c5)c5c(N(C)C)ncnc54)ccc3C2)CC1)OC=O. The molecule has 2 aromatic carbocycles. The summed E-state index contributed by atoms with van der Waals surface area (Å²) in [5.41, 5.74) is 14.6. The number of carbonyl (C=O) groups excluding carboxylic acids is 6. The molecule has 3 aliphatic heterocycles. The summed E-state index contributed by atoms with van der Waals surface area (Å²) >= 11 is 0. The minimum atomic E-state index is -0.881. The van der Waals surface area contributed by atoms with Crippen molar-refractivity contribution < 1.29 is 95.1 Å². The van der Waals surface area contributed by atoms with Crippen LogP contribution in [0.3, 0.4) is 0 Å². The van der Waals surface area contributed by atoms with Gasteiger partial charge in [0.1, 0.15) is 47.5 Å². The van der Waals surface area contributed by atoms with Crippen LogP contribution >= 0.6 is 0 Å². The van der Waals surface area contributed by atoms with Crippen LogP contribution in [-0.2, 0) is 100 Å². The second-order valence-electron chi connectivity index (χ2n) is 32.6. The number of nitrogens with two attached hydrogens (primary N) is 1. The molecular weight excluding hydrogens is 1550 g/mol. The molecule has 0 bridgehead atoms. The van der Waals surface area contributed by atoms with Crippen molar-refractivity contribution >= 4 is 69.9 Å². The molecule has 3 amide bonds. The second-order valence-corrected chi connectivity index (χ2v) is 32.6. The van der Waals surface area contributed by atoms with Gasteiger partial charge in [0.05, 0.1) is 142 Å². The van der Waals surface area contributed by atoms with E-state index in [0.29, 0.717) is 206 Å². The molecule has 30 heteroatoms. The summed E-state index contributed by atoms with van der Waals surface area (Å²) in [6, 6.07) is 12.2. The number of piperidine rings is 1. The topological polar surface area (TPSA) is 351 Å². The molecule has 0 radical (unpaired) electrons. The molecule has 1 aliphatic carbocycles. The number of ether oxygens (including phenoxy) is 12. The van der Waals surface area contributed by atoms with Gasteiger partial charge in [-0.3, -0.25) is 24.0 Å². The number of aromatic nitrogens is 5. The van der Waals surface area contributed by atoms with Crippen molar-refractivity contribution in [2.45, 2.75) is 206 Å². The number of hydrogen-bond donors (Lipinski definition) is 3. The summed E-state index contributed by atoms with van der Waals surface area (Å²) in [6.07, 6.45) is 24.7. The van der Waals surface area contributed by atoms with Crippen molar-refractivity contribution in [2.75, 3.05) is 164 Å². The minimum absolute atomic E-state index is 0.0159. The maximum Gasteiger partial charge on any atom is 0.407 e. The fourth-order valence-electron chi connectivity index (χ4n) is 15.9. The Bertz CT molecular complexity index is 4110.